The molecule has 5 heteroatoms. The molecule has 0 aliphatic heterocycles. The first kappa shape index (κ1) is 17.1. The SMILES string of the molecule is C#CCCCOc1c(Br)cc(/C=C/C(=O)O)cc1OCC. The van der Waals surface area contributed by atoms with Gasteiger partial charge in [-0.2, -0.15) is 0 Å². The van der Waals surface area contributed by atoms with Gasteiger partial charge in [-0.25, -0.2) is 4.79 Å². The van der Waals surface area contributed by atoms with Crippen LogP contribution in [0.5, 0.6) is 11.5 Å². The average Bonchev–Trinajstić information content (AvgIpc) is 2.43. The third-order valence-corrected chi connectivity index (χ3v) is 3.05. The Kier molecular flexibility index (Phi) is 7.41. The van der Waals surface area contributed by atoms with Crippen molar-refractivity contribution in [3.63, 3.8) is 0 Å². The van der Waals surface area contributed by atoms with Crippen LogP contribution in [0.1, 0.15) is 25.3 Å². The molecule has 0 atom stereocenters. The minimum atomic E-state index is -1.00. The molecule has 112 valence electrons. The number of aliphatic carboxylic acids is 1. The van der Waals surface area contributed by atoms with Gasteiger partial charge in [0, 0.05) is 12.5 Å². The van der Waals surface area contributed by atoms with E-state index in [0.29, 0.717) is 41.2 Å². The summed E-state index contributed by atoms with van der Waals surface area (Å²) in [5.41, 5.74) is 0.712. The van der Waals surface area contributed by atoms with Crippen molar-refractivity contribution < 1.29 is 19.4 Å². The van der Waals surface area contributed by atoms with Gasteiger partial charge in [0.1, 0.15) is 0 Å². The molecule has 0 saturated carbocycles. The molecule has 1 rings (SSSR count). The van der Waals surface area contributed by atoms with Crippen LogP contribution in [-0.4, -0.2) is 24.3 Å². The van der Waals surface area contributed by atoms with Gasteiger partial charge in [-0.3, -0.25) is 0 Å². The van der Waals surface area contributed by atoms with Gasteiger partial charge in [0.15, 0.2) is 11.5 Å². The van der Waals surface area contributed by atoms with Crippen LogP contribution in [0.25, 0.3) is 6.08 Å². The molecule has 0 spiro atoms. The number of rotatable bonds is 8. The third kappa shape index (κ3) is 5.92. The lowest BCUT2D eigenvalue weighted by Crippen LogP contribution is -2.02. The molecule has 1 N–H and O–H groups in total. The lowest BCUT2D eigenvalue weighted by atomic mass is 10.2. The standard InChI is InChI=1S/C16H17BrO4/c1-3-5-6-9-21-16-13(17)10-12(7-8-15(18)19)11-14(16)20-4-2/h1,7-8,10-11H,4-6,9H2,2H3,(H,18,19)/b8-7+. The highest BCUT2D eigenvalue weighted by atomic mass is 79.9. The number of carbonyl (C=O) groups is 1. The lowest BCUT2D eigenvalue weighted by molar-refractivity contribution is -0.131. The first-order valence-corrected chi connectivity index (χ1v) is 7.31. The van der Waals surface area contributed by atoms with Gasteiger partial charge in [0.05, 0.1) is 17.7 Å². The van der Waals surface area contributed by atoms with Crippen molar-refractivity contribution in [3.05, 3.63) is 28.2 Å². The fourth-order valence-corrected chi connectivity index (χ4v) is 2.18. The molecule has 0 amide bonds. The first-order chi connectivity index (χ1) is 10.1. The summed E-state index contributed by atoms with van der Waals surface area (Å²) in [4.78, 5) is 10.6. The van der Waals surface area contributed by atoms with Gasteiger partial charge in [-0.05, 0) is 53.0 Å². The van der Waals surface area contributed by atoms with Crippen LogP contribution in [0.4, 0.5) is 0 Å². The summed E-state index contributed by atoms with van der Waals surface area (Å²) in [5.74, 6) is 2.72. The molecule has 0 fully saturated rings. The number of hydrogen-bond donors (Lipinski definition) is 1. The third-order valence-electron chi connectivity index (χ3n) is 2.46. The van der Waals surface area contributed by atoms with Gasteiger partial charge < -0.3 is 14.6 Å². The van der Waals surface area contributed by atoms with Crippen molar-refractivity contribution in [1.82, 2.24) is 0 Å². The highest BCUT2D eigenvalue weighted by Gasteiger charge is 2.11. The Morgan fingerprint density at radius 2 is 2.24 bits per heavy atom. The second-order valence-corrected chi connectivity index (χ2v) is 4.95. The molecule has 0 unspecified atom stereocenters. The van der Waals surface area contributed by atoms with Crippen molar-refractivity contribution in [3.8, 4) is 23.8 Å². The number of hydrogen-bond acceptors (Lipinski definition) is 3. The Morgan fingerprint density at radius 3 is 2.86 bits per heavy atom. The Hall–Kier alpha value is -1.93. The van der Waals surface area contributed by atoms with Crippen LogP contribution in [0, 0.1) is 12.3 Å². The van der Waals surface area contributed by atoms with E-state index in [4.69, 9.17) is 21.0 Å². The zero-order valence-corrected chi connectivity index (χ0v) is 13.4. The summed E-state index contributed by atoms with van der Waals surface area (Å²) < 4.78 is 11.9. The minimum absolute atomic E-state index is 0.485. The molecule has 1 aromatic carbocycles. The number of ether oxygens (including phenoxy) is 2. The molecule has 0 bridgehead atoms. The first-order valence-electron chi connectivity index (χ1n) is 6.52. The quantitative estimate of drug-likeness (QED) is 0.440. The van der Waals surface area contributed by atoms with E-state index >= 15 is 0 Å². The predicted octanol–water partition coefficient (Wildman–Crippen LogP) is 3.74. The van der Waals surface area contributed by atoms with E-state index in [1.165, 1.54) is 6.08 Å². The average molecular weight is 353 g/mol. The molecule has 0 saturated heterocycles. The largest absolute Gasteiger partial charge is 0.490 e. The van der Waals surface area contributed by atoms with Crippen LogP contribution in [-0.2, 0) is 4.79 Å². The van der Waals surface area contributed by atoms with E-state index in [1.807, 2.05) is 6.92 Å². The van der Waals surface area contributed by atoms with Crippen molar-refractivity contribution in [2.24, 2.45) is 0 Å². The normalized spacial score (nSPS) is 10.3. The predicted molar refractivity (Wildman–Crippen MR) is 85.5 cm³/mol. The number of benzene rings is 1. The smallest absolute Gasteiger partial charge is 0.328 e. The van der Waals surface area contributed by atoms with E-state index in [-0.39, 0.29) is 0 Å². The van der Waals surface area contributed by atoms with Crippen LogP contribution in [0.3, 0.4) is 0 Å². The van der Waals surface area contributed by atoms with Crippen LogP contribution < -0.4 is 9.47 Å². The van der Waals surface area contributed by atoms with Crippen molar-refractivity contribution in [2.45, 2.75) is 19.8 Å². The Bertz CT molecular complexity index is 558. The monoisotopic (exact) mass is 352 g/mol. The highest BCUT2D eigenvalue weighted by Crippen LogP contribution is 2.37. The zero-order valence-electron chi connectivity index (χ0n) is 11.8. The molecule has 0 radical (unpaired) electrons. The molecular weight excluding hydrogens is 336 g/mol. The molecule has 4 nitrogen and oxygen atoms in total. The van der Waals surface area contributed by atoms with E-state index in [1.54, 1.807) is 12.1 Å². The topological polar surface area (TPSA) is 55.8 Å². The molecule has 0 aliphatic rings. The van der Waals surface area contributed by atoms with Gasteiger partial charge in [0.25, 0.3) is 0 Å². The lowest BCUT2D eigenvalue weighted by Gasteiger charge is -2.14. The zero-order chi connectivity index (χ0) is 15.7. The number of halogens is 1. The van der Waals surface area contributed by atoms with E-state index < -0.39 is 5.97 Å². The number of carboxylic acids is 1. The molecule has 0 heterocycles. The number of terminal acetylenes is 1. The van der Waals surface area contributed by atoms with Crippen LogP contribution >= 0.6 is 15.9 Å². The molecule has 0 aliphatic carbocycles. The second-order valence-electron chi connectivity index (χ2n) is 4.09. The van der Waals surface area contributed by atoms with E-state index in [2.05, 4.69) is 21.9 Å². The van der Waals surface area contributed by atoms with Gasteiger partial charge >= 0.3 is 5.97 Å². The van der Waals surface area contributed by atoms with Crippen LogP contribution in [0.15, 0.2) is 22.7 Å². The van der Waals surface area contributed by atoms with Gasteiger partial charge in [0.2, 0.25) is 0 Å². The van der Waals surface area contributed by atoms with E-state index in [9.17, 15) is 4.79 Å². The fourth-order valence-electron chi connectivity index (χ4n) is 1.60. The summed E-state index contributed by atoms with van der Waals surface area (Å²) in [7, 11) is 0. The Labute approximate surface area is 132 Å². The van der Waals surface area contributed by atoms with Crippen molar-refractivity contribution in [2.75, 3.05) is 13.2 Å². The molecular formula is C16H17BrO4. The Balaban J connectivity index is 2.96. The summed E-state index contributed by atoms with van der Waals surface area (Å²) in [5, 5.41) is 8.67. The Morgan fingerprint density at radius 1 is 1.48 bits per heavy atom. The highest BCUT2D eigenvalue weighted by molar-refractivity contribution is 9.10. The van der Waals surface area contributed by atoms with Crippen LogP contribution in [0.2, 0.25) is 0 Å². The molecule has 0 aromatic heterocycles. The maximum absolute atomic E-state index is 10.6. The van der Waals surface area contributed by atoms with E-state index in [0.717, 1.165) is 12.5 Å². The summed E-state index contributed by atoms with van der Waals surface area (Å²) >= 11 is 3.42. The fraction of sp³-hybridized carbons (Fsp3) is 0.312. The van der Waals surface area contributed by atoms with Crippen molar-refractivity contribution >= 4 is 28.0 Å². The molecule has 21 heavy (non-hydrogen) atoms. The summed E-state index contributed by atoms with van der Waals surface area (Å²) in [6.07, 6.45) is 9.18. The number of unbranched alkanes of at least 4 members (excludes halogenated alkanes) is 1. The van der Waals surface area contributed by atoms with Gasteiger partial charge in [-0.15, -0.1) is 12.3 Å². The summed E-state index contributed by atoms with van der Waals surface area (Å²) in [6, 6.07) is 3.52. The maximum Gasteiger partial charge on any atom is 0.328 e. The summed E-state index contributed by atoms with van der Waals surface area (Å²) in [6.45, 7) is 2.85. The molecule has 1 aromatic rings. The van der Waals surface area contributed by atoms with Crippen molar-refractivity contribution in [1.29, 1.82) is 0 Å². The minimum Gasteiger partial charge on any atom is -0.490 e. The maximum atomic E-state index is 10.6. The van der Waals surface area contributed by atoms with Gasteiger partial charge in [-0.1, -0.05) is 0 Å². The number of carboxylic acid groups (broad SMARTS) is 1. The second kappa shape index (κ2) is 9.09.